The molecule has 0 bridgehead atoms. The van der Waals surface area contributed by atoms with Crippen LogP contribution in [-0.4, -0.2) is 61.1 Å². The number of rotatable bonds is 8. The lowest BCUT2D eigenvalue weighted by Gasteiger charge is -2.41. The maximum Gasteiger partial charge on any atom is 0.225 e. The fraction of sp³-hybridized carbons (Fsp3) is 0.500. The maximum absolute atomic E-state index is 12.6. The number of ether oxygens (including phenoxy) is 1. The summed E-state index contributed by atoms with van der Waals surface area (Å²) in [5, 5.41) is 13.0. The van der Waals surface area contributed by atoms with Crippen LogP contribution in [0.2, 0.25) is 0 Å². The number of carbonyl (C=O) groups is 2. The Morgan fingerprint density at radius 3 is 2.53 bits per heavy atom. The van der Waals surface area contributed by atoms with E-state index in [1.165, 1.54) is 6.92 Å². The van der Waals surface area contributed by atoms with E-state index in [9.17, 15) is 14.9 Å². The van der Waals surface area contributed by atoms with Crippen LogP contribution in [0.25, 0.3) is 11.1 Å². The fourth-order valence-electron chi connectivity index (χ4n) is 4.96. The van der Waals surface area contributed by atoms with Crippen LogP contribution < -0.4 is 10.2 Å². The van der Waals surface area contributed by atoms with E-state index in [0.29, 0.717) is 50.7 Å². The second kappa shape index (κ2) is 11.1. The quantitative estimate of drug-likeness (QED) is 0.609. The van der Waals surface area contributed by atoms with Gasteiger partial charge in [0.05, 0.1) is 24.3 Å². The van der Waals surface area contributed by atoms with Crippen LogP contribution in [0.5, 0.6) is 0 Å². The molecule has 1 aliphatic carbocycles. The molecule has 1 saturated heterocycles. The SMILES string of the molecule is COCCC(=O)N1CCN(c2nc(C3CC3)c(-c3ccc(CNC(C)=O)cc3)c(C)c2C#N)CC1C. The van der Waals surface area contributed by atoms with E-state index in [1.54, 1.807) is 7.11 Å². The minimum Gasteiger partial charge on any atom is -0.384 e. The maximum atomic E-state index is 12.6. The van der Waals surface area contributed by atoms with E-state index >= 15 is 0 Å². The summed E-state index contributed by atoms with van der Waals surface area (Å²) in [6.07, 6.45) is 2.58. The lowest BCUT2D eigenvalue weighted by atomic mass is 9.92. The molecule has 8 nitrogen and oxygen atoms in total. The zero-order valence-electron chi connectivity index (χ0n) is 21.6. The normalized spacial score (nSPS) is 17.6. The molecule has 1 unspecified atom stereocenters. The van der Waals surface area contributed by atoms with Gasteiger partial charge in [0.25, 0.3) is 0 Å². The Hall–Kier alpha value is -3.44. The van der Waals surface area contributed by atoms with E-state index in [-0.39, 0.29) is 17.9 Å². The van der Waals surface area contributed by atoms with Gasteiger partial charge in [-0.25, -0.2) is 4.98 Å². The Morgan fingerprint density at radius 2 is 1.94 bits per heavy atom. The Balaban J connectivity index is 1.63. The number of anilines is 1. The number of carbonyl (C=O) groups excluding carboxylic acids is 2. The van der Waals surface area contributed by atoms with E-state index in [0.717, 1.165) is 46.6 Å². The summed E-state index contributed by atoms with van der Waals surface area (Å²) in [6.45, 7) is 8.38. The van der Waals surface area contributed by atoms with Crippen molar-refractivity contribution in [2.45, 2.75) is 58.5 Å². The van der Waals surface area contributed by atoms with Gasteiger partial charge in [-0.3, -0.25) is 9.59 Å². The highest BCUT2D eigenvalue weighted by atomic mass is 16.5. The fourth-order valence-corrected chi connectivity index (χ4v) is 4.96. The molecule has 2 aromatic rings. The van der Waals surface area contributed by atoms with Gasteiger partial charge in [-0.15, -0.1) is 0 Å². The molecule has 1 N–H and O–H groups in total. The predicted molar refractivity (Wildman–Crippen MR) is 139 cm³/mol. The minimum absolute atomic E-state index is 0.0250. The highest BCUT2D eigenvalue weighted by molar-refractivity contribution is 5.79. The zero-order chi connectivity index (χ0) is 25.8. The summed E-state index contributed by atoms with van der Waals surface area (Å²) >= 11 is 0. The number of methoxy groups -OCH3 is 1. The van der Waals surface area contributed by atoms with Gasteiger partial charge in [-0.05, 0) is 43.4 Å². The first-order chi connectivity index (χ1) is 17.3. The Labute approximate surface area is 213 Å². The summed E-state index contributed by atoms with van der Waals surface area (Å²) in [5.41, 5.74) is 5.72. The van der Waals surface area contributed by atoms with Gasteiger partial charge in [0.2, 0.25) is 11.8 Å². The number of nitrogens with zero attached hydrogens (tertiary/aromatic N) is 4. The third-order valence-corrected chi connectivity index (χ3v) is 7.08. The first-order valence-corrected chi connectivity index (χ1v) is 12.7. The van der Waals surface area contributed by atoms with Crippen molar-refractivity contribution in [1.82, 2.24) is 15.2 Å². The summed E-state index contributed by atoms with van der Waals surface area (Å²) in [4.78, 5) is 33.0. The molecular weight excluding hydrogens is 454 g/mol. The van der Waals surface area contributed by atoms with Gasteiger partial charge in [0.15, 0.2) is 0 Å². The molecule has 1 saturated carbocycles. The third-order valence-electron chi connectivity index (χ3n) is 7.08. The molecule has 1 atom stereocenters. The number of pyridine rings is 1. The number of aromatic nitrogens is 1. The number of hydrogen-bond donors (Lipinski definition) is 1. The standard InChI is InChI=1S/C28H35N5O3/c1-18-17-32(12-13-33(18)25(35)11-14-36-4)28-24(15-29)19(2)26(27(31-28)23-9-10-23)22-7-5-21(6-8-22)16-30-20(3)34/h5-8,18,23H,9-14,16-17H2,1-4H3,(H,30,34). The van der Waals surface area contributed by atoms with Crippen LogP contribution in [0, 0.1) is 18.3 Å². The van der Waals surface area contributed by atoms with Gasteiger partial charge in [0.1, 0.15) is 11.9 Å². The summed E-state index contributed by atoms with van der Waals surface area (Å²) in [7, 11) is 1.60. The highest BCUT2D eigenvalue weighted by Crippen LogP contribution is 2.46. The molecule has 1 aromatic heterocycles. The van der Waals surface area contributed by atoms with Crippen molar-refractivity contribution < 1.29 is 14.3 Å². The monoisotopic (exact) mass is 489 g/mol. The van der Waals surface area contributed by atoms with Crippen molar-refractivity contribution in [2.75, 3.05) is 38.3 Å². The van der Waals surface area contributed by atoms with E-state index in [1.807, 2.05) is 24.0 Å². The Bertz CT molecular complexity index is 1170. The number of amides is 2. The van der Waals surface area contributed by atoms with E-state index in [4.69, 9.17) is 9.72 Å². The molecule has 1 aliphatic heterocycles. The highest BCUT2D eigenvalue weighted by Gasteiger charge is 2.34. The number of piperazine rings is 1. The van der Waals surface area contributed by atoms with E-state index < -0.39 is 0 Å². The third kappa shape index (κ3) is 5.52. The van der Waals surface area contributed by atoms with Gasteiger partial charge in [-0.1, -0.05) is 24.3 Å². The summed E-state index contributed by atoms with van der Waals surface area (Å²) < 4.78 is 5.07. The molecule has 2 aliphatic rings. The van der Waals surface area contributed by atoms with Crippen LogP contribution in [0.1, 0.15) is 61.4 Å². The molecular formula is C28H35N5O3. The summed E-state index contributed by atoms with van der Waals surface area (Å²) in [5.74, 6) is 1.18. The Kier molecular flexibility index (Phi) is 7.90. The van der Waals surface area contributed by atoms with Crippen LogP contribution >= 0.6 is 0 Å². The van der Waals surface area contributed by atoms with Gasteiger partial charge in [-0.2, -0.15) is 5.26 Å². The van der Waals surface area contributed by atoms with Crippen LogP contribution in [-0.2, 0) is 20.9 Å². The first kappa shape index (κ1) is 25.6. The average molecular weight is 490 g/mol. The van der Waals surface area contributed by atoms with E-state index in [2.05, 4.69) is 35.3 Å². The smallest absolute Gasteiger partial charge is 0.225 e. The molecule has 2 fully saturated rings. The van der Waals surface area contributed by atoms with Crippen LogP contribution in [0.3, 0.4) is 0 Å². The second-order valence-electron chi connectivity index (χ2n) is 9.81. The van der Waals surface area contributed by atoms with Crippen molar-refractivity contribution >= 4 is 17.6 Å². The van der Waals surface area contributed by atoms with Crippen molar-refractivity contribution in [2.24, 2.45) is 0 Å². The number of nitrogens with one attached hydrogen (secondary N) is 1. The van der Waals surface area contributed by atoms with Crippen molar-refractivity contribution in [3.8, 4) is 17.2 Å². The van der Waals surface area contributed by atoms with Crippen molar-refractivity contribution in [3.63, 3.8) is 0 Å². The van der Waals surface area contributed by atoms with Crippen molar-refractivity contribution in [3.05, 3.63) is 46.6 Å². The molecule has 4 rings (SSSR count). The number of hydrogen-bond acceptors (Lipinski definition) is 6. The molecule has 0 radical (unpaired) electrons. The molecule has 2 heterocycles. The second-order valence-corrected chi connectivity index (χ2v) is 9.81. The van der Waals surface area contributed by atoms with Gasteiger partial charge >= 0.3 is 0 Å². The number of benzene rings is 1. The largest absolute Gasteiger partial charge is 0.384 e. The first-order valence-electron chi connectivity index (χ1n) is 12.7. The van der Waals surface area contributed by atoms with Crippen LogP contribution in [0.4, 0.5) is 5.82 Å². The van der Waals surface area contributed by atoms with Crippen LogP contribution in [0.15, 0.2) is 24.3 Å². The molecule has 1 aromatic carbocycles. The average Bonchev–Trinajstić information content (AvgIpc) is 3.71. The minimum atomic E-state index is -0.0566. The van der Waals surface area contributed by atoms with Gasteiger partial charge in [0, 0.05) is 57.7 Å². The molecule has 0 spiro atoms. The van der Waals surface area contributed by atoms with Gasteiger partial charge < -0.3 is 19.9 Å². The molecule has 2 amide bonds. The predicted octanol–water partition coefficient (Wildman–Crippen LogP) is 3.52. The number of nitriles is 1. The Morgan fingerprint density at radius 1 is 1.22 bits per heavy atom. The topological polar surface area (TPSA) is 98.6 Å². The molecule has 8 heteroatoms. The lowest BCUT2D eigenvalue weighted by molar-refractivity contribution is -0.134. The lowest BCUT2D eigenvalue weighted by Crippen LogP contribution is -2.54. The molecule has 190 valence electrons. The van der Waals surface area contributed by atoms with Crippen molar-refractivity contribution in [1.29, 1.82) is 5.26 Å². The zero-order valence-corrected chi connectivity index (χ0v) is 21.6. The summed E-state index contributed by atoms with van der Waals surface area (Å²) in [6, 6.07) is 10.6. The molecule has 36 heavy (non-hydrogen) atoms.